The Hall–Kier alpha value is -1.38. The SMILES string of the molecule is CCOc1cc2occc2o1. The first-order valence-corrected chi connectivity index (χ1v) is 3.50. The van der Waals surface area contributed by atoms with Crippen molar-refractivity contribution in [3.63, 3.8) is 0 Å². The van der Waals surface area contributed by atoms with Crippen LogP contribution in [0.5, 0.6) is 5.95 Å². The van der Waals surface area contributed by atoms with Gasteiger partial charge in [-0.15, -0.1) is 0 Å². The highest BCUT2D eigenvalue weighted by Crippen LogP contribution is 2.25. The molecule has 2 aromatic rings. The van der Waals surface area contributed by atoms with Gasteiger partial charge in [-0.3, -0.25) is 0 Å². The highest BCUT2D eigenvalue weighted by atomic mass is 16.6. The molecule has 0 aromatic carbocycles. The Morgan fingerprint density at radius 1 is 1.45 bits per heavy atom. The first kappa shape index (κ1) is 6.34. The van der Waals surface area contributed by atoms with E-state index in [2.05, 4.69) is 0 Å². The third-order valence-corrected chi connectivity index (χ3v) is 1.40. The second kappa shape index (κ2) is 2.34. The lowest BCUT2D eigenvalue weighted by Crippen LogP contribution is -1.87. The molecule has 0 bridgehead atoms. The number of rotatable bonds is 2. The van der Waals surface area contributed by atoms with Crippen LogP contribution < -0.4 is 4.74 Å². The van der Waals surface area contributed by atoms with E-state index >= 15 is 0 Å². The summed E-state index contributed by atoms with van der Waals surface area (Å²) in [6.07, 6.45) is 1.59. The molecule has 2 rings (SSSR count). The van der Waals surface area contributed by atoms with E-state index in [4.69, 9.17) is 13.6 Å². The van der Waals surface area contributed by atoms with Crippen molar-refractivity contribution in [1.29, 1.82) is 0 Å². The first-order valence-electron chi connectivity index (χ1n) is 3.50. The lowest BCUT2D eigenvalue weighted by molar-refractivity contribution is 0.265. The smallest absolute Gasteiger partial charge is 0.288 e. The van der Waals surface area contributed by atoms with Crippen molar-refractivity contribution in [3.8, 4) is 5.95 Å². The Labute approximate surface area is 63.5 Å². The summed E-state index contributed by atoms with van der Waals surface area (Å²) in [7, 11) is 0. The zero-order chi connectivity index (χ0) is 7.68. The number of furan rings is 2. The number of hydrogen-bond donors (Lipinski definition) is 0. The highest BCUT2D eigenvalue weighted by Gasteiger charge is 2.05. The van der Waals surface area contributed by atoms with Crippen molar-refractivity contribution in [2.24, 2.45) is 0 Å². The van der Waals surface area contributed by atoms with E-state index in [1.165, 1.54) is 0 Å². The molecule has 0 aliphatic carbocycles. The Morgan fingerprint density at radius 3 is 3.09 bits per heavy atom. The molecule has 0 aliphatic heterocycles. The summed E-state index contributed by atoms with van der Waals surface area (Å²) >= 11 is 0. The van der Waals surface area contributed by atoms with Gasteiger partial charge in [-0.2, -0.15) is 0 Å². The van der Waals surface area contributed by atoms with Crippen molar-refractivity contribution < 1.29 is 13.6 Å². The molecule has 2 heterocycles. The Morgan fingerprint density at radius 2 is 2.36 bits per heavy atom. The van der Waals surface area contributed by atoms with Crippen LogP contribution in [0.1, 0.15) is 6.92 Å². The molecular formula is C8H8O3. The van der Waals surface area contributed by atoms with Crippen LogP contribution in [0, 0.1) is 0 Å². The van der Waals surface area contributed by atoms with Gasteiger partial charge in [0.15, 0.2) is 11.2 Å². The summed E-state index contributed by atoms with van der Waals surface area (Å²) < 4.78 is 15.4. The van der Waals surface area contributed by atoms with Crippen molar-refractivity contribution in [2.75, 3.05) is 6.61 Å². The maximum atomic E-state index is 5.23. The summed E-state index contributed by atoms with van der Waals surface area (Å²) in [6, 6.07) is 3.50. The molecule has 0 amide bonds. The number of hydrogen-bond acceptors (Lipinski definition) is 3. The van der Waals surface area contributed by atoms with Gasteiger partial charge in [-0.1, -0.05) is 0 Å². The molecule has 0 aliphatic rings. The Balaban J connectivity index is 2.42. The van der Waals surface area contributed by atoms with Crippen LogP contribution in [0.25, 0.3) is 11.2 Å². The third kappa shape index (κ3) is 0.981. The van der Waals surface area contributed by atoms with Gasteiger partial charge in [0.05, 0.1) is 18.9 Å². The third-order valence-electron chi connectivity index (χ3n) is 1.40. The van der Waals surface area contributed by atoms with Crippen LogP contribution in [0.3, 0.4) is 0 Å². The standard InChI is InChI=1S/C8H8O3/c1-2-9-8-5-7-6(11-8)3-4-10-7/h3-5H,2H2,1H3. The van der Waals surface area contributed by atoms with Gasteiger partial charge in [0.1, 0.15) is 0 Å². The van der Waals surface area contributed by atoms with Gasteiger partial charge in [-0.25, -0.2) is 0 Å². The van der Waals surface area contributed by atoms with E-state index in [9.17, 15) is 0 Å². The largest absolute Gasteiger partial charge is 0.465 e. The van der Waals surface area contributed by atoms with Crippen LogP contribution in [0.15, 0.2) is 27.2 Å². The predicted octanol–water partition coefficient (Wildman–Crippen LogP) is 2.42. The van der Waals surface area contributed by atoms with Gasteiger partial charge in [0.2, 0.25) is 0 Å². The van der Waals surface area contributed by atoms with E-state index < -0.39 is 0 Å². The molecule has 3 heteroatoms. The Kier molecular flexibility index (Phi) is 1.35. The van der Waals surface area contributed by atoms with E-state index in [1.807, 2.05) is 6.92 Å². The topological polar surface area (TPSA) is 35.5 Å². The van der Waals surface area contributed by atoms with Crippen LogP contribution >= 0.6 is 0 Å². The molecule has 0 saturated heterocycles. The predicted molar refractivity (Wildman–Crippen MR) is 39.6 cm³/mol. The molecule has 0 fully saturated rings. The van der Waals surface area contributed by atoms with Crippen LogP contribution in [0.2, 0.25) is 0 Å². The average molecular weight is 152 g/mol. The van der Waals surface area contributed by atoms with Crippen molar-refractivity contribution in [1.82, 2.24) is 0 Å². The molecule has 11 heavy (non-hydrogen) atoms. The normalized spacial score (nSPS) is 10.6. The Bertz CT molecular complexity index is 316. The second-order valence-corrected chi connectivity index (χ2v) is 2.15. The zero-order valence-corrected chi connectivity index (χ0v) is 6.16. The van der Waals surface area contributed by atoms with Gasteiger partial charge >= 0.3 is 0 Å². The summed E-state index contributed by atoms with van der Waals surface area (Å²) in [5.41, 5.74) is 1.46. The number of fused-ring (bicyclic) bond motifs is 1. The minimum Gasteiger partial charge on any atom is -0.465 e. The van der Waals surface area contributed by atoms with Gasteiger partial charge in [-0.05, 0) is 6.92 Å². The van der Waals surface area contributed by atoms with Gasteiger partial charge < -0.3 is 13.6 Å². The molecule has 0 saturated carbocycles. The fraction of sp³-hybridized carbons (Fsp3) is 0.250. The molecule has 0 atom stereocenters. The minimum absolute atomic E-state index is 0.516. The monoisotopic (exact) mass is 152 g/mol. The van der Waals surface area contributed by atoms with E-state index in [1.54, 1.807) is 18.4 Å². The summed E-state index contributed by atoms with van der Waals surface area (Å²) in [6.45, 7) is 2.51. The van der Waals surface area contributed by atoms with Gasteiger partial charge in [0.25, 0.3) is 5.95 Å². The molecule has 0 radical (unpaired) electrons. The summed E-state index contributed by atoms with van der Waals surface area (Å²) in [4.78, 5) is 0. The molecule has 2 aromatic heterocycles. The van der Waals surface area contributed by atoms with E-state index in [-0.39, 0.29) is 0 Å². The quantitative estimate of drug-likeness (QED) is 0.662. The van der Waals surface area contributed by atoms with E-state index in [0.29, 0.717) is 12.6 Å². The van der Waals surface area contributed by atoms with Crippen LogP contribution in [0.4, 0.5) is 0 Å². The maximum Gasteiger partial charge on any atom is 0.288 e. The zero-order valence-electron chi connectivity index (χ0n) is 6.16. The van der Waals surface area contributed by atoms with Crippen LogP contribution in [-0.2, 0) is 0 Å². The lowest BCUT2D eigenvalue weighted by Gasteiger charge is -1.93. The first-order chi connectivity index (χ1) is 5.40. The molecule has 3 nitrogen and oxygen atoms in total. The van der Waals surface area contributed by atoms with Crippen molar-refractivity contribution in [3.05, 3.63) is 18.4 Å². The molecule has 0 N–H and O–H groups in total. The summed E-state index contributed by atoms with van der Waals surface area (Å²) in [5, 5.41) is 0. The minimum atomic E-state index is 0.516. The molecular weight excluding hydrogens is 144 g/mol. The fourth-order valence-electron chi connectivity index (χ4n) is 0.957. The van der Waals surface area contributed by atoms with Gasteiger partial charge in [0, 0.05) is 6.07 Å². The number of ether oxygens (including phenoxy) is 1. The van der Waals surface area contributed by atoms with Crippen molar-refractivity contribution >= 4 is 11.2 Å². The van der Waals surface area contributed by atoms with E-state index in [0.717, 1.165) is 11.2 Å². The summed E-state index contributed by atoms with van der Waals surface area (Å²) in [5.74, 6) is 0.516. The maximum absolute atomic E-state index is 5.23. The fourth-order valence-corrected chi connectivity index (χ4v) is 0.957. The molecule has 58 valence electrons. The lowest BCUT2D eigenvalue weighted by atomic mass is 10.5. The molecule has 0 spiro atoms. The highest BCUT2D eigenvalue weighted by molar-refractivity contribution is 5.71. The second-order valence-electron chi connectivity index (χ2n) is 2.15. The average Bonchev–Trinajstić information content (AvgIpc) is 2.46. The van der Waals surface area contributed by atoms with Crippen LogP contribution in [-0.4, -0.2) is 6.61 Å². The molecule has 0 unspecified atom stereocenters. The van der Waals surface area contributed by atoms with Crippen molar-refractivity contribution in [2.45, 2.75) is 6.92 Å².